The second-order valence-corrected chi connectivity index (χ2v) is 5.83. The molecule has 2 unspecified atom stereocenters. The largest absolute Gasteiger partial charge is 0.385 e. The zero-order valence-corrected chi connectivity index (χ0v) is 10.9. The normalized spacial score (nSPS) is 31.9. The molecule has 0 heterocycles. The van der Waals surface area contributed by atoms with Crippen LogP contribution in [0.15, 0.2) is 0 Å². The quantitative estimate of drug-likeness (QED) is 0.719. The van der Waals surface area contributed by atoms with E-state index in [1.54, 1.807) is 0 Å². The van der Waals surface area contributed by atoms with Crippen molar-refractivity contribution in [1.29, 1.82) is 0 Å². The van der Waals surface area contributed by atoms with E-state index in [0.717, 1.165) is 18.6 Å². The molecule has 0 amide bonds. The van der Waals surface area contributed by atoms with Crippen molar-refractivity contribution in [2.75, 3.05) is 20.3 Å². The summed E-state index contributed by atoms with van der Waals surface area (Å²) in [5.74, 6) is 0.943. The van der Waals surface area contributed by atoms with Crippen LogP contribution in [-0.2, 0) is 4.74 Å². The van der Waals surface area contributed by atoms with Gasteiger partial charge >= 0.3 is 0 Å². The first-order valence-electron chi connectivity index (χ1n) is 7.02. The second kappa shape index (κ2) is 5.50. The van der Waals surface area contributed by atoms with Gasteiger partial charge in [0, 0.05) is 26.3 Å². The Morgan fingerprint density at radius 3 is 2.75 bits per heavy atom. The molecule has 2 aliphatic rings. The monoisotopic (exact) mass is 225 g/mol. The van der Waals surface area contributed by atoms with Crippen LogP contribution >= 0.6 is 0 Å². The Labute approximate surface area is 100 Å². The molecule has 16 heavy (non-hydrogen) atoms. The molecule has 0 spiro atoms. The van der Waals surface area contributed by atoms with Gasteiger partial charge in [-0.15, -0.1) is 0 Å². The predicted octanol–water partition coefficient (Wildman–Crippen LogP) is 2.97. The van der Waals surface area contributed by atoms with Gasteiger partial charge in [0.1, 0.15) is 0 Å². The summed E-state index contributed by atoms with van der Waals surface area (Å²) in [4.78, 5) is 0. The van der Waals surface area contributed by atoms with E-state index in [0.29, 0.717) is 5.41 Å². The van der Waals surface area contributed by atoms with Crippen LogP contribution in [0.5, 0.6) is 0 Å². The number of nitrogens with one attached hydrogen (secondary N) is 1. The van der Waals surface area contributed by atoms with Crippen LogP contribution < -0.4 is 5.32 Å². The van der Waals surface area contributed by atoms with Crippen LogP contribution in [0.4, 0.5) is 0 Å². The Morgan fingerprint density at radius 1 is 1.31 bits per heavy atom. The average Bonchev–Trinajstić information content (AvgIpc) is 2.93. The second-order valence-electron chi connectivity index (χ2n) is 5.83. The summed E-state index contributed by atoms with van der Waals surface area (Å²) in [7, 11) is 1.81. The first-order valence-corrected chi connectivity index (χ1v) is 7.02. The fourth-order valence-electron chi connectivity index (χ4n) is 3.15. The van der Waals surface area contributed by atoms with E-state index in [4.69, 9.17) is 4.74 Å². The van der Waals surface area contributed by atoms with E-state index >= 15 is 0 Å². The van der Waals surface area contributed by atoms with Gasteiger partial charge in [-0.2, -0.15) is 0 Å². The smallest absolute Gasteiger partial charge is 0.0468 e. The molecule has 0 aromatic heterocycles. The molecule has 2 fully saturated rings. The van der Waals surface area contributed by atoms with Crippen molar-refractivity contribution in [3.8, 4) is 0 Å². The standard InChI is InChI=1S/C14H27NO/c1-3-12-5-4-6-13(12)15-11-14(7-8-14)9-10-16-2/h12-13,15H,3-11H2,1-2H3. The van der Waals surface area contributed by atoms with Gasteiger partial charge in [0.15, 0.2) is 0 Å². The highest BCUT2D eigenvalue weighted by Crippen LogP contribution is 2.48. The summed E-state index contributed by atoms with van der Waals surface area (Å²) < 4.78 is 5.20. The fraction of sp³-hybridized carbons (Fsp3) is 1.00. The van der Waals surface area contributed by atoms with Crippen molar-refractivity contribution in [2.45, 2.75) is 57.9 Å². The van der Waals surface area contributed by atoms with Crippen molar-refractivity contribution in [2.24, 2.45) is 11.3 Å². The lowest BCUT2D eigenvalue weighted by Crippen LogP contribution is -2.36. The highest BCUT2D eigenvalue weighted by atomic mass is 16.5. The molecule has 2 aliphatic carbocycles. The van der Waals surface area contributed by atoms with Crippen molar-refractivity contribution < 1.29 is 4.74 Å². The lowest BCUT2D eigenvalue weighted by Gasteiger charge is -2.23. The maximum absolute atomic E-state index is 5.20. The molecule has 0 aromatic rings. The zero-order valence-electron chi connectivity index (χ0n) is 10.9. The third kappa shape index (κ3) is 2.98. The van der Waals surface area contributed by atoms with Gasteiger partial charge < -0.3 is 10.1 Å². The minimum absolute atomic E-state index is 0.608. The summed E-state index contributed by atoms with van der Waals surface area (Å²) in [6.07, 6.45) is 9.70. The maximum atomic E-state index is 5.20. The van der Waals surface area contributed by atoms with Crippen molar-refractivity contribution in [3.63, 3.8) is 0 Å². The van der Waals surface area contributed by atoms with E-state index in [1.807, 2.05) is 7.11 Å². The van der Waals surface area contributed by atoms with E-state index in [9.17, 15) is 0 Å². The molecule has 0 radical (unpaired) electrons. The van der Waals surface area contributed by atoms with Crippen molar-refractivity contribution in [1.82, 2.24) is 5.32 Å². The number of hydrogen-bond acceptors (Lipinski definition) is 2. The molecule has 2 rings (SSSR count). The fourth-order valence-corrected chi connectivity index (χ4v) is 3.15. The van der Waals surface area contributed by atoms with Crippen LogP contribution in [0, 0.1) is 11.3 Å². The first-order chi connectivity index (χ1) is 7.79. The van der Waals surface area contributed by atoms with Crippen molar-refractivity contribution >= 4 is 0 Å². The first kappa shape index (κ1) is 12.4. The van der Waals surface area contributed by atoms with Gasteiger partial charge in [-0.05, 0) is 43.4 Å². The predicted molar refractivity (Wildman–Crippen MR) is 67.6 cm³/mol. The Bertz CT molecular complexity index is 213. The van der Waals surface area contributed by atoms with Gasteiger partial charge in [0.2, 0.25) is 0 Å². The van der Waals surface area contributed by atoms with E-state index in [2.05, 4.69) is 12.2 Å². The van der Waals surface area contributed by atoms with Crippen LogP contribution in [0.1, 0.15) is 51.9 Å². The summed E-state index contributed by atoms with van der Waals surface area (Å²) in [6.45, 7) is 4.50. The Kier molecular flexibility index (Phi) is 4.26. The average molecular weight is 225 g/mol. The van der Waals surface area contributed by atoms with Crippen LogP contribution in [0.2, 0.25) is 0 Å². The zero-order chi connectivity index (χ0) is 11.4. The Morgan fingerprint density at radius 2 is 2.12 bits per heavy atom. The molecule has 2 atom stereocenters. The van der Waals surface area contributed by atoms with Crippen LogP contribution in [0.3, 0.4) is 0 Å². The number of ether oxygens (including phenoxy) is 1. The SMILES string of the molecule is CCC1CCCC1NCC1(CCOC)CC1. The molecule has 2 nitrogen and oxygen atoms in total. The van der Waals surface area contributed by atoms with Gasteiger partial charge in [-0.25, -0.2) is 0 Å². The minimum atomic E-state index is 0.608. The minimum Gasteiger partial charge on any atom is -0.385 e. The van der Waals surface area contributed by atoms with Gasteiger partial charge in [-0.3, -0.25) is 0 Å². The Balaban J connectivity index is 1.70. The molecular weight excluding hydrogens is 198 g/mol. The van der Waals surface area contributed by atoms with E-state index in [1.165, 1.54) is 51.5 Å². The summed E-state index contributed by atoms with van der Waals surface area (Å²) >= 11 is 0. The lowest BCUT2D eigenvalue weighted by molar-refractivity contribution is 0.169. The third-order valence-electron chi connectivity index (χ3n) is 4.72. The number of rotatable bonds is 7. The third-order valence-corrected chi connectivity index (χ3v) is 4.72. The van der Waals surface area contributed by atoms with E-state index < -0.39 is 0 Å². The summed E-state index contributed by atoms with van der Waals surface area (Å²) in [5, 5.41) is 3.84. The summed E-state index contributed by atoms with van der Waals surface area (Å²) in [5.41, 5.74) is 0.608. The molecule has 0 saturated heterocycles. The topological polar surface area (TPSA) is 21.3 Å². The van der Waals surface area contributed by atoms with Crippen LogP contribution in [-0.4, -0.2) is 26.3 Å². The molecule has 0 aliphatic heterocycles. The Hall–Kier alpha value is -0.0800. The molecule has 2 heteroatoms. The lowest BCUT2D eigenvalue weighted by atomic mass is 9.98. The molecule has 1 N–H and O–H groups in total. The van der Waals surface area contributed by atoms with Gasteiger partial charge in [0.05, 0.1) is 0 Å². The molecule has 0 bridgehead atoms. The summed E-state index contributed by atoms with van der Waals surface area (Å²) in [6, 6.07) is 0.810. The molecule has 0 aromatic carbocycles. The van der Waals surface area contributed by atoms with Gasteiger partial charge in [0.25, 0.3) is 0 Å². The number of methoxy groups -OCH3 is 1. The van der Waals surface area contributed by atoms with E-state index in [-0.39, 0.29) is 0 Å². The molecular formula is C14H27NO. The molecule has 2 saturated carbocycles. The van der Waals surface area contributed by atoms with Crippen LogP contribution in [0.25, 0.3) is 0 Å². The van der Waals surface area contributed by atoms with Gasteiger partial charge in [-0.1, -0.05) is 19.8 Å². The highest BCUT2D eigenvalue weighted by Gasteiger charge is 2.42. The number of hydrogen-bond donors (Lipinski definition) is 1. The molecule has 94 valence electrons. The highest BCUT2D eigenvalue weighted by molar-refractivity contribution is 4.96. The van der Waals surface area contributed by atoms with Crippen molar-refractivity contribution in [3.05, 3.63) is 0 Å². The maximum Gasteiger partial charge on any atom is 0.0468 e.